The molecule has 1 amide bonds. The first-order valence-electron chi connectivity index (χ1n) is 9.01. The third-order valence-corrected chi connectivity index (χ3v) is 4.74. The van der Waals surface area contributed by atoms with E-state index in [4.69, 9.17) is 0 Å². The Labute approximate surface area is 155 Å². The lowest BCUT2D eigenvalue weighted by molar-refractivity contribution is -0.126. The Kier molecular flexibility index (Phi) is 5.70. The smallest absolute Gasteiger partial charge is 0.264 e. The number of hydrogen-bond acceptors (Lipinski definition) is 3. The summed E-state index contributed by atoms with van der Waals surface area (Å²) < 4.78 is 0. The fourth-order valence-electron chi connectivity index (χ4n) is 3.13. The number of hydrogen-bond donors (Lipinski definition) is 0. The van der Waals surface area contributed by atoms with Crippen molar-refractivity contribution in [3.63, 3.8) is 0 Å². The van der Waals surface area contributed by atoms with Crippen molar-refractivity contribution in [3.05, 3.63) is 71.3 Å². The monoisotopic (exact) mass is 345 g/mol. The standard InChI is InChI=1S/C22H23N3O/c1-2-18-8-10-19(11-9-18)16-20(17-23)22(26)25-14-12-24(13-15-25)21-6-4-3-5-7-21/h3-11,16H,2,12-15H2,1H3/b20-16-. The number of piperazine rings is 1. The van der Waals surface area contributed by atoms with E-state index in [1.54, 1.807) is 11.0 Å². The third kappa shape index (κ3) is 4.12. The molecule has 0 N–H and O–H groups in total. The molecule has 1 fully saturated rings. The van der Waals surface area contributed by atoms with Gasteiger partial charge in [-0.05, 0) is 35.8 Å². The molecule has 132 valence electrons. The SMILES string of the molecule is CCc1ccc(/C=C(/C#N)C(=O)N2CCN(c3ccccc3)CC2)cc1. The lowest BCUT2D eigenvalue weighted by atomic mass is 10.1. The van der Waals surface area contributed by atoms with E-state index in [0.717, 1.165) is 25.1 Å². The van der Waals surface area contributed by atoms with Gasteiger partial charge in [-0.25, -0.2) is 0 Å². The minimum Gasteiger partial charge on any atom is -0.368 e. The van der Waals surface area contributed by atoms with Crippen LogP contribution in [-0.4, -0.2) is 37.0 Å². The van der Waals surface area contributed by atoms with Crippen LogP contribution < -0.4 is 4.90 Å². The molecule has 0 bridgehead atoms. The zero-order chi connectivity index (χ0) is 18.4. The molecule has 0 atom stereocenters. The molecule has 1 aliphatic rings. The lowest BCUT2D eigenvalue weighted by Crippen LogP contribution is -2.49. The van der Waals surface area contributed by atoms with Gasteiger partial charge in [-0.2, -0.15) is 5.26 Å². The van der Waals surface area contributed by atoms with Crippen molar-refractivity contribution >= 4 is 17.7 Å². The highest BCUT2D eigenvalue weighted by atomic mass is 16.2. The first kappa shape index (κ1) is 17.8. The maximum Gasteiger partial charge on any atom is 0.264 e. The van der Waals surface area contributed by atoms with E-state index in [1.807, 2.05) is 42.5 Å². The van der Waals surface area contributed by atoms with Gasteiger partial charge in [0, 0.05) is 31.9 Å². The molecule has 0 aliphatic carbocycles. The van der Waals surface area contributed by atoms with Crippen LogP contribution in [0.3, 0.4) is 0 Å². The molecule has 1 aliphatic heterocycles. The zero-order valence-electron chi connectivity index (χ0n) is 15.1. The van der Waals surface area contributed by atoms with Gasteiger partial charge in [-0.15, -0.1) is 0 Å². The number of carbonyl (C=O) groups excluding carboxylic acids is 1. The second kappa shape index (κ2) is 8.35. The maximum absolute atomic E-state index is 12.7. The summed E-state index contributed by atoms with van der Waals surface area (Å²) in [6.07, 6.45) is 2.66. The highest BCUT2D eigenvalue weighted by molar-refractivity contribution is 6.01. The van der Waals surface area contributed by atoms with Crippen molar-refractivity contribution in [2.24, 2.45) is 0 Å². The van der Waals surface area contributed by atoms with Crippen molar-refractivity contribution in [2.45, 2.75) is 13.3 Å². The van der Waals surface area contributed by atoms with Gasteiger partial charge in [0.25, 0.3) is 5.91 Å². The maximum atomic E-state index is 12.7. The number of nitriles is 1. The predicted octanol–water partition coefficient (Wildman–Crippen LogP) is 3.50. The Morgan fingerprint density at radius 2 is 1.69 bits per heavy atom. The van der Waals surface area contributed by atoms with Crippen LogP contribution >= 0.6 is 0 Å². The summed E-state index contributed by atoms with van der Waals surface area (Å²) in [6.45, 7) is 4.91. The van der Waals surface area contributed by atoms with E-state index >= 15 is 0 Å². The van der Waals surface area contributed by atoms with Gasteiger partial charge in [-0.3, -0.25) is 4.79 Å². The number of para-hydroxylation sites is 1. The number of rotatable bonds is 4. The molecule has 26 heavy (non-hydrogen) atoms. The quantitative estimate of drug-likeness (QED) is 0.629. The molecule has 4 nitrogen and oxygen atoms in total. The zero-order valence-corrected chi connectivity index (χ0v) is 15.1. The second-order valence-corrected chi connectivity index (χ2v) is 6.38. The summed E-state index contributed by atoms with van der Waals surface area (Å²) in [7, 11) is 0. The van der Waals surface area contributed by atoms with Crippen molar-refractivity contribution in [1.82, 2.24) is 4.90 Å². The van der Waals surface area contributed by atoms with Gasteiger partial charge in [0.15, 0.2) is 0 Å². The van der Waals surface area contributed by atoms with Crippen LogP contribution in [0.25, 0.3) is 6.08 Å². The molecule has 1 saturated heterocycles. The predicted molar refractivity (Wildman–Crippen MR) is 105 cm³/mol. The van der Waals surface area contributed by atoms with Crippen LogP contribution in [0.5, 0.6) is 0 Å². The summed E-state index contributed by atoms with van der Waals surface area (Å²) in [5, 5.41) is 9.44. The molecular weight excluding hydrogens is 322 g/mol. The van der Waals surface area contributed by atoms with E-state index < -0.39 is 0 Å². The van der Waals surface area contributed by atoms with Crippen LogP contribution in [0.4, 0.5) is 5.69 Å². The highest BCUT2D eigenvalue weighted by Crippen LogP contribution is 2.17. The van der Waals surface area contributed by atoms with Gasteiger partial charge in [0.1, 0.15) is 11.6 Å². The molecule has 0 saturated carbocycles. The van der Waals surface area contributed by atoms with Gasteiger partial charge < -0.3 is 9.80 Å². The summed E-state index contributed by atoms with van der Waals surface area (Å²) in [4.78, 5) is 16.8. The molecule has 0 radical (unpaired) electrons. The minimum atomic E-state index is -0.181. The fraction of sp³-hybridized carbons (Fsp3) is 0.273. The number of aryl methyl sites for hydroxylation is 1. The molecule has 2 aromatic rings. The Morgan fingerprint density at radius 1 is 1.04 bits per heavy atom. The Balaban J connectivity index is 1.66. The number of nitrogens with zero attached hydrogens (tertiary/aromatic N) is 3. The normalized spacial score (nSPS) is 14.8. The molecule has 0 spiro atoms. The van der Waals surface area contributed by atoms with Crippen molar-refractivity contribution in [3.8, 4) is 6.07 Å². The Bertz CT molecular complexity index is 811. The first-order chi connectivity index (χ1) is 12.7. The summed E-state index contributed by atoms with van der Waals surface area (Å²) in [5.41, 5.74) is 3.49. The lowest BCUT2D eigenvalue weighted by Gasteiger charge is -2.36. The summed E-state index contributed by atoms with van der Waals surface area (Å²) in [5.74, 6) is -0.181. The van der Waals surface area contributed by atoms with Crippen LogP contribution in [-0.2, 0) is 11.2 Å². The number of carbonyl (C=O) groups is 1. The Hall–Kier alpha value is -3.06. The van der Waals surface area contributed by atoms with Crippen LogP contribution in [0, 0.1) is 11.3 Å². The van der Waals surface area contributed by atoms with E-state index in [2.05, 4.69) is 30.0 Å². The molecule has 4 heteroatoms. The molecular formula is C22H23N3O. The van der Waals surface area contributed by atoms with Gasteiger partial charge >= 0.3 is 0 Å². The second-order valence-electron chi connectivity index (χ2n) is 6.38. The summed E-state index contributed by atoms with van der Waals surface area (Å²) in [6, 6.07) is 20.3. The van der Waals surface area contributed by atoms with Crippen LogP contribution in [0.15, 0.2) is 60.2 Å². The van der Waals surface area contributed by atoms with E-state index in [9.17, 15) is 10.1 Å². The molecule has 0 unspecified atom stereocenters. The van der Waals surface area contributed by atoms with E-state index in [1.165, 1.54) is 11.3 Å². The van der Waals surface area contributed by atoms with Crippen LogP contribution in [0.2, 0.25) is 0 Å². The first-order valence-corrected chi connectivity index (χ1v) is 9.01. The van der Waals surface area contributed by atoms with Crippen molar-refractivity contribution in [1.29, 1.82) is 5.26 Å². The topological polar surface area (TPSA) is 47.3 Å². The van der Waals surface area contributed by atoms with Gasteiger partial charge in [-0.1, -0.05) is 49.4 Å². The van der Waals surface area contributed by atoms with Gasteiger partial charge in [0.05, 0.1) is 0 Å². The molecule has 1 heterocycles. The third-order valence-electron chi connectivity index (χ3n) is 4.74. The number of benzene rings is 2. The average molecular weight is 345 g/mol. The van der Waals surface area contributed by atoms with Crippen molar-refractivity contribution < 1.29 is 4.79 Å². The van der Waals surface area contributed by atoms with E-state index in [-0.39, 0.29) is 11.5 Å². The molecule has 3 rings (SSSR count). The van der Waals surface area contributed by atoms with Gasteiger partial charge in [0.2, 0.25) is 0 Å². The van der Waals surface area contributed by atoms with E-state index in [0.29, 0.717) is 13.1 Å². The highest BCUT2D eigenvalue weighted by Gasteiger charge is 2.23. The average Bonchev–Trinajstić information content (AvgIpc) is 2.72. The number of anilines is 1. The number of amides is 1. The van der Waals surface area contributed by atoms with Crippen molar-refractivity contribution in [2.75, 3.05) is 31.1 Å². The Morgan fingerprint density at radius 3 is 2.27 bits per heavy atom. The minimum absolute atomic E-state index is 0.181. The molecule has 0 aromatic heterocycles. The largest absolute Gasteiger partial charge is 0.368 e. The molecule has 2 aromatic carbocycles. The fourth-order valence-corrected chi connectivity index (χ4v) is 3.13. The van der Waals surface area contributed by atoms with Crippen LogP contribution in [0.1, 0.15) is 18.1 Å². The summed E-state index contributed by atoms with van der Waals surface area (Å²) >= 11 is 0.